The van der Waals surface area contributed by atoms with Gasteiger partial charge in [0.05, 0.1) is 6.54 Å². The molecule has 0 fully saturated rings. The third-order valence-electron chi connectivity index (χ3n) is 3.58. The summed E-state index contributed by atoms with van der Waals surface area (Å²) < 4.78 is 18.6. The largest absolute Gasteiger partial charge is 0.457 e. The van der Waals surface area contributed by atoms with Crippen molar-refractivity contribution in [3.8, 4) is 22.9 Å². The van der Waals surface area contributed by atoms with Gasteiger partial charge in [-0.25, -0.2) is 14.4 Å². The van der Waals surface area contributed by atoms with Gasteiger partial charge in [-0.1, -0.05) is 0 Å². The van der Waals surface area contributed by atoms with E-state index in [1.54, 1.807) is 24.3 Å². The Morgan fingerprint density at radius 2 is 1.57 bits per heavy atom. The highest BCUT2D eigenvalue weighted by atomic mass is 19.1. The number of primary amides is 2. The zero-order chi connectivity index (χ0) is 20.1. The molecule has 0 radical (unpaired) electrons. The van der Waals surface area contributed by atoms with Crippen LogP contribution in [0.5, 0.6) is 11.5 Å². The number of anilines is 1. The van der Waals surface area contributed by atoms with Crippen LogP contribution in [0.25, 0.3) is 11.4 Å². The molecule has 142 valence electrons. The predicted molar refractivity (Wildman–Crippen MR) is 100 cm³/mol. The summed E-state index contributed by atoms with van der Waals surface area (Å²) in [6.45, 7) is -0.154. The number of ether oxygens (including phenoxy) is 1. The molecule has 0 aliphatic rings. The van der Waals surface area contributed by atoms with Crippen molar-refractivity contribution in [2.45, 2.75) is 0 Å². The van der Waals surface area contributed by atoms with Crippen LogP contribution in [0.4, 0.5) is 10.2 Å². The average Bonchev–Trinajstić information content (AvgIpc) is 2.68. The molecule has 0 unspecified atom stereocenters. The molecule has 0 saturated carbocycles. The molecule has 28 heavy (non-hydrogen) atoms. The van der Waals surface area contributed by atoms with Gasteiger partial charge in [-0.05, 0) is 48.5 Å². The second-order valence-corrected chi connectivity index (χ2v) is 5.73. The van der Waals surface area contributed by atoms with Gasteiger partial charge in [0.25, 0.3) is 5.91 Å². The minimum absolute atomic E-state index is 0.0105. The highest BCUT2D eigenvalue weighted by molar-refractivity contribution is 5.92. The topological polar surface area (TPSA) is 133 Å². The fraction of sp³-hybridized carbons (Fsp3) is 0.0526. The van der Waals surface area contributed by atoms with Crippen molar-refractivity contribution in [1.82, 2.24) is 9.97 Å². The van der Waals surface area contributed by atoms with Crippen LogP contribution in [0.2, 0.25) is 0 Å². The monoisotopic (exact) mass is 381 g/mol. The van der Waals surface area contributed by atoms with E-state index in [2.05, 4.69) is 15.3 Å². The minimum atomic E-state index is -0.734. The average molecular weight is 381 g/mol. The fourth-order valence-electron chi connectivity index (χ4n) is 2.28. The normalized spacial score (nSPS) is 10.3. The van der Waals surface area contributed by atoms with Crippen molar-refractivity contribution in [3.63, 3.8) is 0 Å². The standard InChI is InChI=1S/C19H16FN5O3/c20-12-3-7-14(8-4-12)28-13-5-1-11(2-6-13)19-24-15(18(22)27)9-17(25-19)23-10-16(21)26/h1-9H,10H2,(H2,21,26)(H2,22,27)(H,23,24,25). The van der Waals surface area contributed by atoms with Gasteiger partial charge >= 0.3 is 0 Å². The summed E-state index contributed by atoms with van der Waals surface area (Å²) in [4.78, 5) is 30.9. The number of rotatable bonds is 7. The first-order valence-corrected chi connectivity index (χ1v) is 8.15. The number of nitrogens with zero attached hydrogens (tertiary/aromatic N) is 2. The van der Waals surface area contributed by atoms with Crippen molar-refractivity contribution in [3.05, 3.63) is 66.1 Å². The highest BCUT2D eigenvalue weighted by Crippen LogP contribution is 2.25. The molecular weight excluding hydrogens is 365 g/mol. The Hall–Kier alpha value is -4.01. The van der Waals surface area contributed by atoms with Crippen molar-refractivity contribution in [2.75, 3.05) is 11.9 Å². The van der Waals surface area contributed by atoms with Gasteiger partial charge in [0.1, 0.15) is 28.8 Å². The lowest BCUT2D eigenvalue weighted by Gasteiger charge is -2.09. The lowest BCUT2D eigenvalue weighted by atomic mass is 10.2. The lowest BCUT2D eigenvalue weighted by Crippen LogP contribution is -2.23. The van der Waals surface area contributed by atoms with Crippen LogP contribution in [-0.4, -0.2) is 28.3 Å². The third kappa shape index (κ3) is 4.79. The molecule has 0 atom stereocenters. The van der Waals surface area contributed by atoms with E-state index in [9.17, 15) is 14.0 Å². The first kappa shape index (κ1) is 18.8. The maximum Gasteiger partial charge on any atom is 0.267 e. The summed E-state index contributed by atoms with van der Waals surface area (Å²) in [5, 5.41) is 2.71. The molecule has 0 aliphatic carbocycles. The molecule has 0 aliphatic heterocycles. The molecule has 0 spiro atoms. The number of carbonyl (C=O) groups is 2. The summed E-state index contributed by atoms with van der Waals surface area (Å²) in [5.74, 6) is -0.187. The molecule has 9 heteroatoms. The van der Waals surface area contributed by atoms with Crippen LogP contribution < -0.4 is 21.5 Å². The molecular formula is C19H16FN5O3. The Balaban J connectivity index is 1.84. The van der Waals surface area contributed by atoms with E-state index >= 15 is 0 Å². The van der Waals surface area contributed by atoms with Gasteiger partial charge in [-0.15, -0.1) is 0 Å². The molecule has 3 rings (SSSR count). The Kier molecular flexibility index (Phi) is 5.45. The number of carbonyl (C=O) groups excluding carboxylic acids is 2. The molecule has 3 aromatic rings. The number of nitrogens with one attached hydrogen (secondary N) is 1. The smallest absolute Gasteiger partial charge is 0.267 e. The quantitative estimate of drug-likeness (QED) is 0.574. The summed E-state index contributed by atoms with van der Waals surface area (Å²) >= 11 is 0. The van der Waals surface area contributed by atoms with E-state index in [1.807, 2.05) is 0 Å². The number of amides is 2. The van der Waals surface area contributed by atoms with Crippen LogP contribution in [0, 0.1) is 5.82 Å². The summed E-state index contributed by atoms with van der Waals surface area (Å²) in [7, 11) is 0. The Labute approximate surface area is 159 Å². The molecule has 2 amide bonds. The molecule has 0 saturated heterocycles. The van der Waals surface area contributed by atoms with Gasteiger partial charge < -0.3 is 21.5 Å². The number of benzene rings is 2. The summed E-state index contributed by atoms with van der Waals surface area (Å²) in [6.07, 6.45) is 0. The maximum absolute atomic E-state index is 13.0. The van der Waals surface area contributed by atoms with Crippen LogP contribution in [0.15, 0.2) is 54.6 Å². The Morgan fingerprint density at radius 3 is 2.14 bits per heavy atom. The lowest BCUT2D eigenvalue weighted by molar-refractivity contribution is -0.116. The molecule has 2 aromatic carbocycles. The number of hydrogen-bond acceptors (Lipinski definition) is 6. The van der Waals surface area contributed by atoms with E-state index in [0.29, 0.717) is 17.1 Å². The maximum atomic E-state index is 13.0. The second kappa shape index (κ2) is 8.12. The molecule has 1 heterocycles. The predicted octanol–water partition coefficient (Wildman–Crippen LogP) is 2.07. The van der Waals surface area contributed by atoms with Crippen LogP contribution >= 0.6 is 0 Å². The molecule has 1 aromatic heterocycles. The molecule has 5 N–H and O–H groups in total. The van der Waals surface area contributed by atoms with Crippen molar-refractivity contribution >= 4 is 17.6 Å². The summed E-state index contributed by atoms with van der Waals surface area (Å²) in [6, 6.07) is 13.7. The van der Waals surface area contributed by atoms with Crippen LogP contribution in [0.3, 0.4) is 0 Å². The van der Waals surface area contributed by atoms with E-state index < -0.39 is 11.8 Å². The van der Waals surface area contributed by atoms with Crippen molar-refractivity contribution in [1.29, 1.82) is 0 Å². The number of hydrogen-bond donors (Lipinski definition) is 3. The van der Waals surface area contributed by atoms with Gasteiger partial charge in [-0.2, -0.15) is 0 Å². The second-order valence-electron chi connectivity index (χ2n) is 5.73. The van der Waals surface area contributed by atoms with Gasteiger partial charge in [0.2, 0.25) is 5.91 Å². The van der Waals surface area contributed by atoms with Crippen LogP contribution in [0.1, 0.15) is 10.5 Å². The fourth-order valence-corrected chi connectivity index (χ4v) is 2.28. The first-order valence-electron chi connectivity index (χ1n) is 8.15. The van der Waals surface area contributed by atoms with E-state index in [0.717, 1.165) is 0 Å². The van der Waals surface area contributed by atoms with E-state index in [1.165, 1.54) is 30.3 Å². The zero-order valence-corrected chi connectivity index (χ0v) is 14.6. The van der Waals surface area contributed by atoms with E-state index in [4.69, 9.17) is 16.2 Å². The Morgan fingerprint density at radius 1 is 0.964 bits per heavy atom. The SMILES string of the molecule is NC(=O)CNc1cc(C(N)=O)nc(-c2ccc(Oc3ccc(F)cc3)cc2)n1. The van der Waals surface area contributed by atoms with Crippen LogP contribution in [-0.2, 0) is 4.79 Å². The minimum Gasteiger partial charge on any atom is -0.457 e. The highest BCUT2D eigenvalue weighted by Gasteiger charge is 2.11. The molecule has 0 bridgehead atoms. The number of aromatic nitrogens is 2. The zero-order valence-electron chi connectivity index (χ0n) is 14.6. The summed E-state index contributed by atoms with van der Waals surface area (Å²) in [5.41, 5.74) is 11.0. The van der Waals surface area contributed by atoms with Gasteiger partial charge in [-0.3, -0.25) is 9.59 Å². The third-order valence-corrected chi connectivity index (χ3v) is 3.58. The van der Waals surface area contributed by atoms with Gasteiger partial charge in [0.15, 0.2) is 5.82 Å². The van der Waals surface area contributed by atoms with Gasteiger partial charge in [0, 0.05) is 11.6 Å². The Bertz CT molecular complexity index is 1010. The van der Waals surface area contributed by atoms with Crippen molar-refractivity contribution < 1.29 is 18.7 Å². The first-order chi connectivity index (χ1) is 13.4. The molecule has 8 nitrogen and oxygen atoms in total. The van der Waals surface area contributed by atoms with Crippen molar-refractivity contribution in [2.24, 2.45) is 11.5 Å². The van der Waals surface area contributed by atoms with E-state index in [-0.39, 0.29) is 29.7 Å². The number of nitrogens with two attached hydrogens (primary N) is 2. The number of halogens is 1.